The summed E-state index contributed by atoms with van der Waals surface area (Å²) in [5.41, 5.74) is 0.277. The standard InChI is InChI=1S/C15H31N/c1-13(12-16-15(2,3)4)10-11-14-8-6-5-7-9-14/h13-14,16H,5-12H2,1-4H3. The second kappa shape index (κ2) is 6.64. The minimum atomic E-state index is 0.277. The van der Waals surface area contributed by atoms with E-state index in [1.165, 1.54) is 51.5 Å². The molecule has 0 spiro atoms. The highest BCUT2D eigenvalue weighted by molar-refractivity contribution is 4.73. The fraction of sp³-hybridized carbons (Fsp3) is 1.00. The van der Waals surface area contributed by atoms with E-state index in [9.17, 15) is 0 Å². The highest BCUT2D eigenvalue weighted by Crippen LogP contribution is 2.28. The molecule has 1 aliphatic carbocycles. The van der Waals surface area contributed by atoms with Crippen LogP contribution in [-0.2, 0) is 0 Å². The van der Waals surface area contributed by atoms with Crippen molar-refractivity contribution in [2.24, 2.45) is 11.8 Å². The van der Waals surface area contributed by atoms with Gasteiger partial charge in [-0.15, -0.1) is 0 Å². The van der Waals surface area contributed by atoms with Gasteiger partial charge >= 0.3 is 0 Å². The van der Waals surface area contributed by atoms with Crippen LogP contribution in [0.3, 0.4) is 0 Å². The van der Waals surface area contributed by atoms with E-state index in [-0.39, 0.29) is 5.54 Å². The van der Waals surface area contributed by atoms with E-state index in [1.54, 1.807) is 0 Å². The highest BCUT2D eigenvalue weighted by Gasteiger charge is 2.15. The van der Waals surface area contributed by atoms with Gasteiger partial charge in [0.1, 0.15) is 0 Å². The van der Waals surface area contributed by atoms with Crippen molar-refractivity contribution in [2.75, 3.05) is 6.54 Å². The molecule has 96 valence electrons. The molecule has 1 rings (SSSR count). The summed E-state index contributed by atoms with van der Waals surface area (Å²) in [6.45, 7) is 10.3. The highest BCUT2D eigenvalue weighted by atomic mass is 14.9. The summed E-state index contributed by atoms with van der Waals surface area (Å²) < 4.78 is 0. The molecule has 0 radical (unpaired) electrons. The number of rotatable bonds is 5. The maximum Gasteiger partial charge on any atom is 0.00966 e. The van der Waals surface area contributed by atoms with E-state index in [0.717, 1.165) is 11.8 Å². The van der Waals surface area contributed by atoms with Crippen LogP contribution >= 0.6 is 0 Å². The molecule has 0 aromatic carbocycles. The van der Waals surface area contributed by atoms with Crippen LogP contribution in [0.1, 0.15) is 72.6 Å². The third-order valence-corrected chi connectivity index (χ3v) is 3.77. The van der Waals surface area contributed by atoms with Gasteiger partial charge < -0.3 is 5.32 Å². The Morgan fingerprint density at radius 2 is 1.75 bits per heavy atom. The second-order valence-corrected chi connectivity index (χ2v) is 6.82. The second-order valence-electron chi connectivity index (χ2n) is 6.82. The first-order valence-electron chi connectivity index (χ1n) is 7.22. The SMILES string of the molecule is CC(CCC1CCCCC1)CNC(C)(C)C. The first-order valence-corrected chi connectivity index (χ1v) is 7.22. The van der Waals surface area contributed by atoms with Crippen molar-refractivity contribution in [3.8, 4) is 0 Å². The van der Waals surface area contributed by atoms with E-state index < -0.39 is 0 Å². The van der Waals surface area contributed by atoms with E-state index in [1.807, 2.05) is 0 Å². The zero-order chi connectivity index (χ0) is 12.0. The predicted octanol–water partition coefficient (Wildman–Crippen LogP) is 4.37. The molecule has 0 heterocycles. The molecule has 0 amide bonds. The number of nitrogens with one attached hydrogen (secondary N) is 1. The molecule has 0 aromatic rings. The van der Waals surface area contributed by atoms with Crippen LogP contribution in [-0.4, -0.2) is 12.1 Å². The third kappa shape index (κ3) is 6.52. The summed E-state index contributed by atoms with van der Waals surface area (Å²) in [5, 5.41) is 3.61. The van der Waals surface area contributed by atoms with Gasteiger partial charge in [0.05, 0.1) is 0 Å². The lowest BCUT2D eigenvalue weighted by Gasteiger charge is -2.26. The zero-order valence-corrected chi connectivity index (χ0v) is 11.8. The first kappa shape index (κ1) is 14.0. The molecule has 0 aliphatic heterocycles. The van der Waals surface area contributed by atoms with Gasteiger partial charge in [0.2, 0.25) is 0 Å². The molecule has 0 saturated heterocycles. The summed E-state index contributed by atoms with van der Waals surface area (Å²) in [4.78, 5) is 0. The van der Waals surface area contributed by atoms with Gasteiger partial charge in [0.15, 0.2) is 0 Å². The van der Waals surface area contributed by atoms with Crippen molar-refractivity contribution >= 4 is 0 Å². The summed E-state index contributed by atoms with van der Waals surface area (Å²) in [6, 6.07) is 0. The smallest absolute Gasteiger partial charge is 0.00966 e. The van der Waals surface area contributed by atoms with Crippen LogP contribution in [0, 0.1) is 11.8 Å². The van der Waals surface area contributed by atoms with Crippen LogP contribution in [0.25, 0.3) is 0 Å². The van der Waals surface area contributed by atoms with Crippen molar-refractivity contribution in [1.29, 1.82) is 0 Å². The summed E-state index contributed by atoms with van der Waals surface area (Å²) in [5.74, 6) is 1.88. The van der Waals surface area contributed by atoms with Crippen LogP contribution in [0.2, 0.25) is 0 Å². The van der Waals surface area contributed by atoms with Gasteiger partial charge in [0, 0.05) is 5.54 Å². The molecule has 1 N–H and O–H groups in total. The van der Waals surface area contributed by atoms with Crippen LogP contribution in [0.4, 0.5) is 0 Å². The van der Waals surface area contributed by atoms with Crippen molar-refractivity contribution in [2.45, 2.75) is 78.2 Å². The van der Waals surface area contributed by atoms with Gasteiger partial charge in [-0.2, -0.15) is 0 Å². The Hall–Kier alpha value is -0.0400. The fourth-order valence-corrected chi connectivity index (χ4v) is 2.58. The van der Waals surface area contributed by atoms with E-state index in [4.69, 9.17) is 0 Å². The normalized spacial score (nSPS) is 21.0. The van der Waals surface area contributed by atoms with Crippen LogP contribution < -0.4 is 5.32 Å². The van der Waals surface area contributed by atoms with Gasteiger partial charge in [-0.3, -0.25) is 0 Å². The van der Waals surface area contributed by atoms with Crippen molar-refractivity contribution in [1.82, 2.24) is 5.32 Å². The Kier molecular flexibility index (Phi) is 5.82. The maximum atomic E-state index is 3.61. The van der Waals surface area contributed by atoms with Gasteiger partial charge in [0.25, 0.3) is 0 Å². The molecule has 1 saturated carbocycles. The molecule has 1 nitrogen and oxygen atoms in total. The molecule has 16 heavy (non-hydrogen) atoms. The summed E-state index contributed by atoms with van der Waals surface area (Å²) in [6.07, 6.45) is 10.3. The minimum Gasteiger partial charge on any atom is -0.312 e. The average molecular weight is 225 g/mol. The van der Waals surface area contributed by atoms with E-state index in [2.05, 4.69) is 33.0 Å². The monoisotopic (exact) mass is 225 g/mol. The molecule has 0 bridgehead atoms. The van der Waals surface area contributed by atoms with Crippen molar-refractivity contribution in [3.05, 3.63) is 0 Å². The summed E-state index contributed by atoms with van der Waals surface area (Å²) in [7, 11) is 0. The molecule has 0 aromatic heterocycles. The van der Waals surface area contributed by atoms with Gasteiger partial charge in [-0.25, -0.2) is 0 Å². The topological polar surface area (TPSA) is 12.0 Å². The van der Waals surface area contributed by atoms with Gasteiger partial charge in [-0.05, 0) is 45.6 Å². The number of hydrogen-bond donors (Lipinski definition) is 1. The minimum absolute atomic E-state index is 0.277. The predicted molar refractivity (Wildman–Crippen MR) is 72.7 cm³/mol. The van der Waals surface area contributed by atoms with Gasteiger partial charge in [-0.1, -0.05) is 45.4 Å². The van der Waals surface area contributed by atoms with Crippen molar-refractivity contribution in [3.63, 3.8) is 0 Å². The van der Waals surface area contributed by atoms with E-state index >= 15 is 0 Å². The Morgan fingerprint density at radius 1 is 1.12 bits per heavy atom. The maximum absolute atomic E-state index is 3.61. The molecular formula is C15H31N. The lowest BCUT2D eigenvalue weighted by Crippen LogP contribution is -2.38. The molecular weight excluding hydrogens is 194 g/mol. The first-order chi connectivity index (χ1) is 7.47. The molecule has 1 aliphatic rings. The molecule has 1 heteroatoms. The largest absolute Gasteiger partial charge is 0.312 e. The third-order valence-electron chi connectivity index (χ3n) is 3.77. The van der Waals surface area contributed by atoms with Crippen LogP contribution in [0.15, 0.2) is 0 Å². The molecule has 1 atom stereocenters. The molecule has 1 fully saturated rings. The fourth-order valence-electron chi connectivity index (χ4n) is 2.58. The molecule has 1 unspecified atom stereocenters. The summed E-state index contributed by atoms with van der Waals surface area (Å²) >= 11 is 0. The van der Waals surface area contributed by atoms with Crippen LogP contribution in [0.5, 0.6) is 0 Å². The average Bonchev–Trinajstić information content (AvgIpc) is 2.24. The van der Waals surface area contributed by atoms with Crippen molar-refractivity contribution < 1.29 is 0 Å². The Balaban J connectivity index is 2.07. The lowest BCUT2D eigenvalue weighted by molar-refractivity contribution is 0.299. The van der Waals surface area contributed by atoms with E-state index in [0.29, 0.717) is 0 Å². The zero-order valence-electron chi connectivity index (χ0n) is 11.8. The quantitative estimate of drug-likeness (QED) is 0.732. The lowest BCUT2D eigenvalue weighted by atomic mass is 9.84. The Bertz CT molecular complexity index is 174. The Labute approximate surface area is 102 Å². The number of hydrogen-bond acceptors (Lipinski definition) is 1. The Morgan fingerprint density at radius 3 is 2.31 bits per heavy atom.